The van der Waals surface area contributed by atoms with Gasteiger partial charge in [-0.2, -0.15) is 5.10 Å². The molecular weight excluding hydrogens is 396 g/mol. The molecule has 6 nitrogen and oxygen atoms in total. The van der Waals surface area contributed by atoms with E-state index >= 15 is 0 Å². The number of hydrogen-bond donors (Lipinski definition) is 2. The Morgan fingerprint density at radius 3 is 2.81 bits per heavy atom. The van der Waals surface area contributed by atoms with Crippen LogP contribution in [0.4, 0.5) is 5.82 Å². The Kier molecular flexibility index (Phi) is 6.12. The summed E-state index contributed by atoms with van der Waals surface area (Å²) in [4.78, 5) is 12.1. The zero-order valence-electron chi connectivity index (χ0n) is 18.6. The minimum absolute atomic E-state index is 0.472. The van der Waals surface area contributed by atoms with E-state index in [1.165, 1.54) is 24.9 Å². The van der Waals surface area contributed by atoms with Crippen molar-refractivity contribution >= 4 is 16.9 Å². The molecule has 2 N–H and O–H groups in total. The molecule has 0 spiro atoms. The van der Waals surface area contributed by atoms with E-state index < -0.39 is 0 Å². The van der Waals surface area contributed by atoms with Crippen LogP contribution in [0.25, 0.3) is 11.0 Å². The molecule has 4 heterocycles. The molecule has 4 aromatic rings. The Bertz CT molecular complexity index is 1170. The van der Waals surface area contributed by atoms with Crippen LogP contribution in [0.1, 0.15) is 41.4 Å². The predicted molar refractivity (Wildman–Crippen MR) is 129 cm³/mol. The molecule has 1 fully saturated rings. The van der Waals surface area contributed by atoms with Crippen molar-refractivity contribution in [2.75, 3.05) is 25.0 Å². The lowest BCUT2D eigenvalue weighted by atomic mass is 9.94. The number of likely N-dealkylation sites (tertiary alicyclic amines) is 1. The van der Waals surface area contributed by atoms with Crippen molar-refractivity contribution in [3.05, 3.63) is 83.3 Å². The number of fused-ring (bicyclic) bond motifs is 1. The van der Waals surface area contributed by atoms with E-state index in [4.69, 9.17) is 4.98 Å². The smallest absolute Gasteiger partial charge is 0.157 e. The lowest BCUT2D eigenvalue weighted by Crippen LogP contribution is -2.36. The van der Waals surface area contributed by atoms with E-state index in [9.17, 15) is 0 Å². The van der Waals surface area contributed by atoms with Crippen molar-refractivity contribution < 1.29 is 0 Å². The molecule has 6 heteroatoms. The van der Waals surface area contributed by atoms with Gasteiger partial charge in [-0.05, 0) is 62.6 Å². The first-order valence-corrected chi connectivity index (χ1v) is 11.5. The second kappa shape index (κ2) is 9.49. The number of aryl methyl sites for hydroxylation is 1. The zero-order chi connectivity index (χ0) is 21.8. The summed E-state index contributed by atoms with van der Waals surface area (Å²) in [5, 5.41) is 12.0. The number of aromatic amines is 1. The van der Waals surface area contributed by atoms with Crippen LogP contribution >= 0.6 is 0 Å². The van der Waals surface area contributed by atoms with E-state index in [-0.39, 0.29) is 0 Å². The summed E-state index contributed by atoms with van der Waals surface area (Å²) in [6, 6.07) is 21.2. The molecule has 1 aliphatic heterocycles. The van der Waals surface area contributed by atoms with Gasteiger partial charge in [0.15, 0.2) is 11.5 Å². The average molecular weight is 427 g/mol. The zero-order valence-corrected chi connectivity index (χ0v) is 18.6. The first-order chi connectivity index (χ1) is 15.7. The van der Waals surface area contributed by atoms with Gasteiger partial charge in [0.25, 0.3) is 0 Å². The van der Waals surface area contributed by atoms with Crippen molar-refractivity contribution in [1.29, 1.82) is 0 Å². The highest BCUT2D eigenvalue weighted by molar-refractivity contribution is 5.87. The molecule has 1 aliphatic rings. The lowest BCUT2D eigenvalue weighted by molar-refractivity contribution is 0.208. The van der Waals surface area contributed by atoms with E-state index in [2.05, 4.69) is 67.9 Å². The molecule has 0 unspecified atom stereocenters. The SMILES string of the molecule is Cc1cccc(CNc2n[nH]c3nc([C@@H]4CCCN(CCc5ccccc5)C4)ccc23)n1. The number of H-pyrrole nitrogens is 1. The second-order valence-electron chi connectivity index (χ2n) is 8.70. The minimum atomic E-state index is 0.472. The van der Waals surface area contributed by atoms with Gasteiger partial charge < -0.3 is 10.2 Å². The molecule has 0 bridgehead atoms. The monoisotopic (exact) mass is 426 g/mol. The maximum atomic E-state index is 4.94. The standard InChI is InChI=1S/C26H30N6/c1-19-7-5-11-22(28-19)17-27-25-23-12-13-24(29-26(23)31-30-25)21-10-6-15-32(18-21)16-14-20-8-3-2-4-9-20/h2-5,7-9,11-13,21H,6,10,14-18H2,1H3,(H2,27,29,30,31)/t21-/m1/s1. The fourth-order valence-electron chi connectivity index (χ4n) is 4.59. The van der Waals surface area contributed by atoms with Gasteiger partial charge in [0.05, 0.1) is 17.6 Å². The van der Waals surface area contributed by atoms with Gasteiger partial charge in [0, 0.05) is 30.4 Å². The Morgan fingerprint density at radius 2 is 1.94 bits per heavy atom. The van der Waals surface area contributed by atoms with Crippen LogP contribution in [0.3, 0.4) is 0 Å². The summed E-state index contributed by atoms with van der Waals surface area (Å²) in [6.07, 6.45) is 3.52. The molecule has 32 heavy (non-hydrogen) atoms. The van der Waals surface area contributed by atoms with Crippen molar-refractivity contribution in [3.63, 3.8) is 0 Å². The highest BCUT2D eigenvalue weighted by atomic mass is 15.2. The Hall–Kier alpha value is -3.25. The lowest BCUT2D eigenvalue weighted by Gasteiger charge is -2.32. The molecule has 1 saturated heterocycles. The van der Waals surface area contributed by atoms with Gasteiger partial charge in [0.2, 0.25) is 0 Å². The van der Waals surface area contributed by atoms with Gasteiger partial charge in [-0.25, -0.2) is 4.98 Å². The van der Waals surface area contributed by atoms with Crippen LogP contribution in [0.5, 0.6) is 0 Å². The van der Waals surface area contributed by atoms with E-state index in [1.807, 2.05) is 25.1 Å². The van der Waals surface area contributed by atoms with Gasteiger partial charge in [-0.1, -0.05) is 36.4 Å². The Morgan fingerprint density at radius 1 is 1.03 bits per heavy atom. The number of piperidine rings is 1. The molecule has 0 amide bonds. The van der Waals surface area contributed by atoms with Crippen LogP contribution in [-0.2, 0) is 13.0 Å². The van der Waals surface area contributed by atoms with Crippen LogP contribution in [0.15, 0.2) is 60.7 Å². The first-order valence-electron chi connectivity index (χ1n) is 11.5. The maximum Gasteiger partial charge on any atom is 0.157 e. The third-order valence-electron chi connectivity index (χ3n) is 6.31. The van der Waals surface area contributed by atoms with Crippen molar-refractivity contribution in [2.45, 2.75) is 38.6 Å². The molecule has 3 aromatic heterocycles. The number of nitrogens with one attached hydrogen (secondary N) is 2. The van der Waals surface area contributed by atoms with Crippen LogP contribution in [-0.4, -0.2) is 44.7 Å². The number of anilines is 1. The van der Waals surface area contributed by atoms with Crippen LogP contribution in [0, 0.1) is 6.92 Å². The summed E-state index contributed by atoms with van der Waals surface area (Å²) in [5.74, 6) is 1.30. The maximum absolute atomic E-state index is 4.94. The van der Waals surface area contributed by atoms with Gasteiger partial charge >= 0.3 is 0 Å². The number of hydrogen-bond acceptors (Lipinski definition) is 5. The third-order valence-corrected chi connectivity index (χ3v) is 6.31. The topological polar surface area (TPSA) is 69.7 Å². The molecule has 1 atom stereocenters. The van der Waals surface area contributed by atoms with Crippen molar-refractivity contribution in [3.8, 4) is 0 Å². The summed E-state index contributed by atoms with van der Waals surface area (Å²) in [6.45, 7) is 6.00. The van der Waals surface area contributed by atoms with Crippen molar-refractivity contribution in [1.82, 2.24) is 25.1 Å². The minimum Gasteiger partial charge on any atom is -0.362 e. The fourth-order valence-corrected chi connectivity index (χ4v) is 4.59. The van der Waals surface area contributed by atoms with Gasteiger partial charge in [-0.15, -0.1) is 0 Å². The van der Waals surface area contributed by atoms with E-state index in [1.54, 1.807) is 0 Å². The Balaban J connectivity index is 1.23. The molecule has 1 aromatic carbocycles. The summed E-state index contributed by atoms with van der Waals surface area (Å²) in [5.41, 5.74) is 5.45. The van der Waals surface area contributed by atoms with Gasteiger partial charge in [-0.3, -0.25) is 10.1 Å². The number of pyridine rings is 2. The van der Waals surface area contributed by atoms with Gasteiger partial charge in [0.1, 0.15) is 0 Å². The number of benzene rings is 1. The molecule has 0 aliphatic carbocycles. The summed E-state index contributed by atoms with van der Waals surface area (Å²) < 4.78 is 0. The third kappa shape index (κ3) is 4.81. The number of aromatic nitrogens is 4. The normalized spacial score (nSPS) is 17.0. The van der Waals surface area contributed by atoms with E-state index in [0.29, 0.717) is 12.5 Å². The quantitative estimate of drug-likeness (QED) is 0.448. The summed E-state index contributed by atoms with van der Waals surface area (Å²) in [7, 11) is 0. The predicted octanol–water partition coefficient (Wildman–Crippen LogP) is 4.70. The average Bonchev–Trinajstić information content (AvgIpc) is 3.25. The van der Waals surface area contributed by atoms with Crippen LogP contribution in [0.2, 0.25) is 0 Å². The number of rotatable bonds is 7. The first kappa shape index (κ1) is 20.6. The summed E-state index contributed by atoms with van der Waals surface area (Å²) >= 11 is 0. The highest BCUT2D eigenvalue weighted by Gasteiger charge is 2.23. The van der Waals surface area contributed by atoms with Crippen molar-refractivity contribution in [2.24, 2.45) is 0 Å². The fraction of sp³-hybridized carbons (Fsp3) is 0.346. The van der Waals surface area contributed by atoms with Crippen LogP contribution < -0.4 is 5.32 Å². The molecule has 5 rings (SSSR count). The largest absolute Gasteiger partial charge is 0.362 e. The number of nitrogens with zero attached hydrogens (tertiary/aromatic N) is 4. The highest BCUT2D eigenvalue weighted by Crippen LogP contribution is 2.28. The molecular formula is C26H30N6. The van der Waals surface area contributed by atoms with E-state index in [0.717, 1.165) is 53.4 Å². The second-order valence-corrected chi connectivity index (χ2v) is 8.70. The molecule has 0 saturated carbocycles. The molecule has 164 valence electrons. The molecule has 0 radical (unpaired) electrons. The Labute approximate surface area is 189 Å².